The van der Waals surface area contributed by atoms with Crippen molar-refractivity contribution < 1.29 is 4.39 Å². The van der Waals surface area contributed by atoms with Crippen molar-refractivity contribution in [1.29, 1.82) is 0 Å². The zero-order chi connectivity index (χ0) is 13.4. The quantitative estimate of drug-likeness (QED) is 0.669. The first-order valence-electron chi connectivity index (χ1n) is 5.89. The van der Waals surface area contributed by atoms with Crippen molar-refractivity contribution >= 4 is 5.65 Å². The predicted molar refractivity (Wildman–Crippen MR) is 71.6 cm³/mol. The van der Waals surface area contributed by atoms with Crippen LogP contribution < -0.4 is 5.56 Å². The Kier molecular flexibility index (Phi) is 2.63. The Bertz CT molecular complexity index is 806. The van der Waals surface area contributed by atoms with Gasteiger partial charge in [-0.3, -0.25) is 9.20 Å². The molecule has 94 valence electrons. The Morgan fingerprint density at radius 2 is 1.89 bits per heavy atom. The zero-order valence-electron chi connectivity index (χ0n) is 10.3. The first kappa shape index (κ1) is 11.6. The number of nitrogens with zero attached hydrogens (tertiary/aromatic N) is 2. The normalized spacial score (nSPS) is 10.8. The van der Waals surface area contributed by atoms with E-state index in [9.17, 15) is 9.18 Å². The maximum absolute atomic E-state index is 13.0. The van der Waals surface area contributed by atoms with Crippen LogP contribution in [0, 0.1) is 12.7 Å². The van der Waals surface area contributed by atoms with Gasteiger partial charge in [-0.15, -0.1) is 0 Å². The molecule has 0 spiro atoms. The summed E-state index contributed by atoms with van der Waals surface area (Å²) in [5.41, 5.74) is 3.04. The molecule has 2 heterocycles. The van der Waals surface area contributed by atoms with Crippen LogP contribution in [0.1, 0.15) is 5.56 Å². The van der Waals surface area contributed by atoms with Crippen LogP contribution in [0.15, 0.2) is 53.6 Å². The highest BCUT2D eigenvalue weighted by molar-refractivity contribution is 5.77. The van der Waals surface area contributed by atoms with Gasteiger partial charge < -0.3 is 0 Å². The molecule has 0 amide bonds. The van der Waals surface area contributed by atoms with Crippen molar-refractivity contribution in [2.75, 3.05) is 0 Å². The minimum absolute atomic E-state index is 0.128. The molecule has 0 unspecified atom stereocenters. The minimum atomic E-state index is -0.286. The SMILES string of the molecule is Cc1cc(-c2ccc(F)cc2)c2nccc(=O)n2c1. The predicted octanol–water partition coefficient (Wildman–Crippen LogP) is 2.81. The van der Waals surface area contributed by atoms with E-state index in [1.54, 1.807) is 18.3 Å². The molecule has 1 aromatic carbocycles. The number of aromatic nitrogens is 2. The number of fused-ring (bicyclic) bond motifs is 1. The summed E-state index contributed by atoms with van der Waals surface area (Å²) in [7, 11) is 0. The van der Waals surface area contributed by atoms with Crippen LogP contribution >= 0.6 is 0 Å². The summed E-state index contributed by atoms with van der Waals surface area (Å²) in [5, 5.41) is 0. The Morgan fingerprint density at radius 3 is 2.63 bits per heavy atom. The van der Waals surface area contributed by atoms with Crippen molar-refractivity contribution in [3.05, 3.63) is 70.5 Å². The van der Waals surface area contributed by atoms with E-state index < -0.39 is 0 Å². The monoisotopic (exact) mass is 254 g/mol. The van der Waals surface area contributed by atoms with Gasteiger partial charge in [-0.25, -0.2) is 9.37 Å². The second-order valence-electron chi connectivity index (χ2n) is 4.41. The van der Waals surface area contributed by atoms with Crippen LogP contribution in [0.3, 0.4) is 0 Å². The van der Waals surface area contributed by atoms with Gasteiger partial charge in [-0.05, 0) is 36.2 Å². The topological polar surface area (TPSA) is 34.4 Å². The van der Waals surface area contributed by atoms with E-state index >= 15 is 0 Å². The van der Waals surface area contributed by atoms with E-state index in [4.69, 9.17) is 0 Å². The molecule has 0 bridgehead atoms. The number of benzene rings is 1. The number of aryl methyl sites for hydroxylation is 1. The second kappa shape index (κ2) is 4.31. The average molecular weight is 254 g/mol. The Morgan fingerprint density at radius 1 is 1.16 bits per heavy atom. The van der Waals surface area contributed by atoms with Crippen LogP contribution in [-0.2, 0) is 0 Å². The lowest BCUT2D eigenvalue weighted by atomic mass is 10.1. The third-order valence-corrected chi connectivity index (χ3v) is 2.98. The van der Waals surface area contributed by atoms with Gasteiger partial charge >= 0.3 is 0 Å². The molecule has 3 nitrogen and oxygen atoms in total. The van der Waals surface area contributed by atoms with Crippen molar-refractivity contribution in [2.45, 2.75) is 6.92 Å². The first-order valence-corrected chi connectivity index (χ1v) is 5.89. The van der Waals surface area contributed by atoms with Gasteiger partial charge in [-0.1, -0.05) is 12.1 Å². The van der Waals surface area contributed by atoms with E-state index in [1.165, 1.54) is 28.8 Å². The van der Waals surface area contributed by atoms with Crippen molar-refractivity contribution in [3.8, 4) is 11.1 Å². The van der Waals surface area contributed by atoms with Crippen molar-refractivity contribution in [1.82, 2.24) is 9.38 Å². The van der Waals surface area contributed by atoms with E-state index in [0.29, 0.717) is 5.65 Å². The van der Waals surface area contributed by atoms with E-state index in [1.807, 2.05) is 13.0 Å². The Hall–Kier alpha value is -2.49. The Balaban J connectivity index is 2.37. The van der Waals surface area contributed by atoms with Gasteiger partial charge in [-0.2, -0.15) is 0 Å². The summed E-state index contributed by atoms with van der Waals surface area (Å²) in [6.45, 7) is 1.91. The molecule has 0 atom stereocenters. The molecule has 19 heavy (non-hydrogen) atoms. The summed E-state index contributed by atoms with van der Waals surface area (Å²) in [5.74, 6) is -0.286. The molecule has 0 radical (unpaired) electrons. The lowest BCUT2D eigenvalue weighted by molar-refractivity contribution is 0.628. The van der Waals surface area contributed by atoms with Crippen LogP contribution in [0.2, 0.25) is 0 Å². The summed E-state index contributed by atoms with van der Waals surface area (Å²) in [6, 6.07) is 9.52. The summed E-state index contributed by atoms with van der Waals surface area (Å²) < 4.78 is 14.5. The van der Waals surface area contributed by atoms with Crippen molar-refractivity contribution in [3.63, 3.8) is 0 Å². The number of hydrogen-bond acceptors (Lipinski definition) is 2. The van der Waals surface area contributed by atoms with Gasteiger partial charge in [0.2, 0.25) is 0 Å². The summed E-state index contributed by atoms with van der Waals surface area (Å²) in [6.07, 6.45) is 3.23. The molecule has 0 aliphatic carbocycles. The fourth-order valence-corrected chi connectivity index (χ4v) is 2.12. The third-order valence-electron chi connectivity index (χ3n) is 2.98. The molecule has 2 aromatic heterocycles. The van der Waals surface area contributed by atoms with Crippen LogP contribution in [-0.4, -0.2) is 9.38 Å². The average Bonchev–Trinajstić information content (AvgIpc) is 2.40. The standard InChI is InChI=1S/C15H11FN2O/c1-10-8-13(11-2-4-12(16)5-3-11)15-17-7-6-14(19)18(15)9-10/h2-9H,1H3. The van der Waals surface area contributed by atoms with Crippen LogP contribution in [0.25, 0.3) is 16.8 Å². The van der Waals surface area contributed by atoms with Crippen LogP contribution in [0.5, 0.6) is 0 Å². The smallest absolute Gasteiger partial charge is 0.257 e. The van der Waals surface area contributed by atoms with Gasteiger partial charge in [0.1, 0.15) is 11.5 Å². The molecular formula is C15H11FN2O. The maximum atomic E-state index is 13.0. The first-order chi connectivity index (χ1) is 9.15. The molecule has 0 N–H and O–H groups in total. The molecule has 0 fully saturated rings. The summed E-state index contributed by atoms with van der Waals surface area (Å²) >= 11 is 0. The highest BCUT2D eigenvalue weighted by atomic mass is 19.1. The second-order valence-corrected chi connectivity index (χ2v) is 4.41. The van der Waals surface area contributed by atoms with E-state index in [0.717, 1.165) is 16.7 Å². The number of halogens is 1. The summed E-state index contributed by atoms with van der Waals surface area (Å²) in [4.78, 5) is 16.1. The van der Waals surface area contributed by atoms with Gasteiger partial charge in [0, 0.05) is 24.0 Å². The highest BCUT2D eigenvalue weighted by Gasteiger charge is 2.07. The molecule has 0 saturated heterocycles. The lowest BCUT2D eigenvalue weighted by Gasteiger charge is -2.08. The molecule has 0 aliphatic heterocycles. The molecule has 0 saturated carbocycles. The number of rotatable bonds is 1. The largest absolute Gasteiger partial charge is 0.269 e. The fourth-order valence-electron chi connectivity index (χ4n) is 2.12. The molecule has 3 aromatic rings. The fraction of sp³-hybridized carbons (Fsp3) is 0.0667. The van der Waals surface area contributed by atoms with Crippen molar-refractivity contribution in [2.24, 2.45) is 0 Å². The number of hydrogen-bond donors (Lipinski definition) is 0. The van der Waals surface area contributed by atoms with Crippen LogP contribution in [0.4, 0.5) is 4.39 Å². The van der Waals surface area contributed by atoms with Gasteiger partial charge in [0.15, 0.2) is 0 Å². The Labute approximate surface area is 109 Å². The molecule has 3 rings (SSSR count). The highest BCUT2D eigenvalue weighted by Crippen LogP contribution is 2.24. The minimum Gasteiger partial charge on any atom is -0.269 e. The zero-order valence-corrected chi connectivity index (χ0v) is 10.3. The molecular weight excluding hydrogens is 243 g/mol. The maximum Gasteiger partial charge on any atom is 0.257 e. The van der Waals surface area contributed by atoms with Gasteiger partial charge in [0.25, 0.3) is 5.56 Å². The molecule has 4 heteroatoms. The van der Waals surface area contributed by atoms with E-state index in [2.05, 4.69) is 4.98 Å². The molecule has 0 aliphatic rings. The van der Waals surface area contributed by atoms with E-state index in [-0.39, 0.29) is 11.4 Å². The lowest BCUT2D eigenvalue weighted by Crippen LogP contribution is -2.13. The number of pyridine rings is 1. The third kappa shape index (κ3) is 2.01. The van der Waals surface area contributed by atoms with Gasteiger partial charge in [0.05, 0.1) is 0 Å².